The minimum atomic E-state index is -0.521. The van der Waals surface area contributed by atoms with Crippen LogP contribution in [-0.4, -0.2) is 46.6 Å². The highest BCUT2D eigenvalue weighted by Crippen LogP contribution is 2.22. The van der Waals surface area contributed by atoms with Gasteiger partial charge in [0, 0.05) is 18.8 Å². The molecule has 2 amide bonds. The smallest absolute Gasteiger partial charge is 0.269 e. The summed E-state index contributed by atoms with van der Waals surface area (Å²) in [7, 11) is 0. The predicted octanol–water partition coefficient (Wildman–Crippen LogP) is 1.93. The van der Waals surface area contributed by atoms with Gasteiger partial charge in [-0.2, -0.15) is 5.10 Å². The monoisotopic (exact) mass is 370 g/mol. The highest BCUT2D eigenvalue weighted by molar-refractivity contribution is 5.90. The zero-order chi connectivity index (χ0) is 19.2. The molecular formula is C20H26N4O3. The van der Waals surface area contributed by atoms with Crippen LogP contribution in [-0.2, 0) is 17.6 Å². The summed E-state index contributed by atoms with van der Waals surface area (Å²) in [6, 6.07) is 9.42. The largest absolute Gasteiger partial charge is 0.494 e. The summed E-state index contributed by atoms with van der Waals surface area (Å²) >= 11 is 0. The maximum Gasteiger partial charge on any atom is 0.269 e. The molecule has 2 aromatic rings. The number of piperidine rings is 1. The van der Waals surface area contributed by atoms with Gasteiger partial charge in [0.2, 0.25) is 5.91 Å². The Morgan fingerprint density at radius 3 is 2.56 bits per heavy atom. The van der Waals surface area contributed by atoms with Crippen molar-refractivity contribution >= 4 is 11.8 Å². The molecule has 1 saturated heterocycles. The molecule has 0 atom stereocenters. The van der Waals surface area contributed by atoms with Crippen molar-refractivity contribution < 1.29 is 14.3 Å². The third-order valence-corrected chi connectivity index (χ3v) is 4.95. The number of H-pyrrole nitrogens is 1. The van der Waals surface area contributed by atoms with E-state index in [1.54, 1.807) is 6.07 Å². The topological polar surface area (TPSA) is 101 Å². The molecule has 0 saturated carbocycles. The van der Waals surface area contributed by atoms with Crippen LogP contribution in [0.2, 0.25) is 0 Å². The van der Waals surface area contributed by atoms with Gasteiger partial charge in [0.05, 0.1) is 13.0 Å². The maximum absolute atomic E-state index is 12.5. The van der Waals surface area contributed by atoms with E-state index in [4.69, 9.17) is 10.5 Å². The first-order chi connectivity index (χ1) is 13.0. The lowest BCUT2D eigenvalue weighted by atomic mass is 9.92. The fourth-order valence-corrected chi connectivity index (χ4v) is 3.45. The van der Waals surface area contributed by atoms with Crippen molar-refractivity contribution in [2.75, 3.05) is 19.7 Å². The Bertz CT molecular complexity index is 777. The average Bonchev–Trinajstić information content (AvgIpc) is 3.13. The fraction of sp³-hybridized carbons (Fsp3) is 0.450. The number of rotatable bonds is 7. The van der Waals surface area contributed by atoms with Crippen LogP contribution >= 0.6 is 0 Å². The van der Waals surface area contributed by atoms with Crippen molar-refractivity contribution in [2.24, 2.45) is 11.7 Å². The fourth-order valence-electron chi connectivity index (χ4n) is 3.45. The molecule has 0 unspecified atom stereocenters. The highest BCUT2D eigenvalue weighted by Gasteiger charge is 2.23. The standard InChI is InChI=1S/C20H26N4O3/c1-2-27-17-5-3-14(4-6-17)12-19(25)24-9-7-15(8-10-24)11-16-13-18(20(21)26)23-22-16/h3-6,13,15H,2,7-12H2,1H3,(H2,21,26)(H,22,23). The van der Waals surface area contributed by atoms with E-state index in [-0.39, 0.29) is 11.6 Å². The van der Waals surface area contributed by atoms with Crippen LogP contribution in [0.25, 0.3) is 0 Å². The van der Waals surface area contributed by atoms with Crippen molar-refractivity contribution in [3.05, 3.63) is 47.3 Å². The number of amides is 2. The molecule has 3 rings (SSSR count). The van der Waals surface area contributed by atoms with E-state index in [2.05, 4.69) is 10.2 Å². The first-order valence-electron chi connectivity index (χ1n) is 9.38. The molecule has 144 valence electrons. The van der Waals surface area contributed by atoms with Gasteiger partial charge in [-0.05, 0) is 55.9 Å². The van der Waals surface area contributed by atoms with Gasteiger partial charge in [-0.15, -0.1) is 0 Å². The molecule has 1 aromatic carbocycles. The normalized spacial score (nSPS) is 14.9. The Morgan fingerprint density at radius 1 is 1.26 bits per heavy atom. The lowest BCUT2D eigenvalue weighted by Crippen LogP contribution is -2.39. The Labute approximate surface area is 158 Å². The minimum absolute atomic E-state index is 0.162. The molecule has 7 heteroatoms. The zero-order valence-corrected chi connectivity index (χ0v) is 15.6. The Kier molecular flexibility index (Phi) is 6.11. The lowest BCUT2D eigenvalue weighted by Gasteiger charge is -2.32. The van der Waals surface area contributed by atoms with Gasteiger partial charge in [0.1, 0.15) is 11.4 Å². The number of aromatic amines is 1. The van der Waals surface area contributed by atoms with Crippen LogP contribution < -0.4 is 10.5 Å². The van der Waals surface area contributed by atoms with E-state index in [1.807, 2.05) is 36.1 Å². The number of nitrogens with two attached hydrogens (primary N) is 1. The second-order valence-electron chi connectivity index (χ2n) is 6.92. The van der Waals surface area contributed by atoms with Crippen LogP contribution in [0.3, 0.4) is 0 Å². The molecule has 27 heavy (non-hydrogen) atoms. The zero-order valence-electron chi connectivity index (χ0n) is 15.6. The number of ether oxygens (including phenoxy) is 1. The summed E-state index contributed by atoms with van der Waals surface area (Å²) in [6.07, 6.45) is 3.13. The van der Waals surface area contributed by atoms with E-state index in [1.165, 1.54) is 0 Å². The third-order valence-electron chi connectivity index (χ3n) is 4.95. The maximum atomic E-state index is 12.5. The van der Waals surface area contributed by atoms with Gasteiger partial charge < -0.3 is 15.4 Å². The van der Waals surface area contributed by atoms with E-state index < -0.39 is 5.91 Å². The van der Waals surface area contributed by atoms with Crippen molar-refractivity contribution in [1.82, 2.24) is 15.1 Å². The minimum Gasteiger partial charge on any atom is -0.494 e. The number of nitrogens with one attached hydrogen (secondary N) is 1. The molecule has 1 aliphatic heterocycles. The first-order valence-corrected chi connectivity index (χ1v) is 9.38. The Hall–Kier alpha value is -2.83. The molecule has 0 radical (unpaired) electrons. The molecule has 1 aliphatic rings. The molecule has 7 nitrogen and oxygen atoms in total. The number of carbonyl (C=O) groups is 2. The van der Waals surface area contributed by atoms with E-state index in [0.29, 0.717) is 18.9 Å². The number of benzene rings is 1. The van der Waals surface area contributed by atoms with Gasteiger partial charge in [-0.3, -0.25) is 14.7 Å². The summed E-state index contributed by atoms with van der Waals surface area (Å²) in [5.74, 6) is 0.941. The number of aromatic nitrogens is 2. The summed E-state index contributed by atoms with van der Waals surface area (Å²) < 4.78 is 5.43. The summed E-state index contributed by atoms with van der Waals surface area (Å²) in [5.41, 5.74) is 7.42. The van der Waals surface area contributed by atoms with Crippen LogP contribution in [0.4, 0.5) is 0 Å². The van der Waals surface area contributed by atoms with Crippen molar-refractivity contribution in [2.45, 2.75) is 32.6 Å². The van der Waals surface area contributed by atoms with Crippen molar-refractivity contribution in [3.63, 3.8) is 0 Å². The number of likely N-dealkylation sites (tertiary alicyclic amines) is 1. The Morgan fingerprint density at radius 2 is 1.96 bits per heavy atom. The number of carbonyl (C=O) groups excluding carboxylic acids is 2. The number of hydrogen-bond donors (Lipinski definition) is 2. The van der Waals surface area contributed by atoms with Crippen LogP contribution in [0, 0.1) is 5.92 Å². The van der Waals surface area contributed by atoms with Crippen molar-refractivity contribution in [1.29, 1.82) is 0 Å². The van der Waals surface area contributed by atoms with E-state index in [0.717, 1.165) is 49.4 Å². The lowest BCUT2D eigenvalue weighted by molar-refractivity contribution is -0.131. The number of nitrogens with zero attached hydrogens (tertiary/aromatic N) is 2. The summed E-state index contributed by atoms with van der Waals surface area (Å²) in [4.78, 5) is 25.6. The second kappa shape index (κ2) is 8.70. The SMILES string of the molecule is CCOc1ccc(CC(=O)N2CCC(Cc3cc(C(N)=O)n[nH]3)CC2)cc1. The van der Waals surface area contributed by atoms with E-state index >= 15 is 0 Å². The van der Waals surface area contributed by atoms with Gasteiger partial charge in [-0.1, -0.05) is 12.1 Å². The Balaban J connectivity index is 1.46. The van der Waals surface area contributed by atoms with Crippen LogP contribution in [0.1, 0.15) is 41.5 Å². The van der Waals surface area contributed by atoms with Gasteiger partial charge in [0.15, 0.2) is 0 Å². The van der Waals surface area contributed by atoms with E-state index in [9.17, 15) is 9.59 Å². The second-order valence-corrected chi connectivity index (χ2v) is 6.92. The molecule has 1 aromatic heterocycles. The average molecular weight is 370 g/mol. The molecule has 0 bridgehead atoms. The number of primary amides is 1. The first kappa shape index (κ1) is 18.9. The van der Waals surface area contributed by atoms with Crippen molar-refractivity contribution in [3.8, 4) is 5.75 Å². The van der Waals surface area contributed by atoms with Crippen LogP contribution in [0.5, 0.6) is 5.75 Å². The molecule has 0 spiro atoms. The molecule has 1 fully saturated rings. The predicted molar refractivity (Wildman–Crippen MR) is 101 cm³/mol. The van der Waals surface area contributed by atoms with Crippen LogP contribution in [0.15, 0.2) is 30.3 Å². The van der Waals surface area contributed by atoms with Gasteiger partial charge >= 0.3 is 0 Å². The van der Waals surface area contributed by atoms with Gasteiger partial charge in [0.25, 0.3) is 5.91 Å². The summed E-state index contributed by atoms with van der Waals surface area (Å²) in [5, 5.41) is 6.79. The molecular weight excluding hydrogens is 344 g/mol. The molecule has 2 heterocycles. The van der Waals surface area contributed by atoms with Gasteiger partial charge in [-0.25, -0.2) is 0 Å². The molecule has 0 aliphatic carbocycles. The third kappa shape index (κ3) is 5.09. The summed E-state index contributed by atoms with van der Waals surface area (Å²) in [6.45, 7) is 4.11. The number of hydrogen-bond acceptors (Lipinski definition) is 4. The molecule has 3 N–H and O–H groups in total. The highest BCUT2D eigenvalue weighted by atomic mass is 16.5. The quantitative estimate of drug-likeness (QED) is 0.777.